The first-order chi connectivity index (χ1) is 17.5. The fourth-order valence-electron chi connectivity index (χ4n) is 4.22. The molecule has 2 N–H and O–H groups in total. The van der Waals surface area contributed by atoms with Crippen molar-refractivity contribution < 1.29 is 33.0 Å². The second-order valence-corrected chi connectivity index (χ2v) is 8.83. The standard InChI is InChI=1S/C24H20ClN3O2.C2HF3O2/c25-20-6-3-16(4-7-20)23-18(2-1-9-26-23)14-27-10-11-28-21(15-27)13-19-12-17(24(29)30)5-8-22(19)28;3-2(4,5)1(6)7/h1-9,12-13H,10-11,14-15H2,(H,29,30);(H,6,7). The molecule has 0 unspecified atom stereocenters. The van der Waals surface area contributed by atoms with Gasteiger partial charge in [0.05, 0.1) is 11.3 Å². The first-order valence-electron chi connectivity index (χ1n) is 11.1. The summed E-state index contributed by atoms with van der Waals surface area (Å²) >= 11 is 6.04. The summed E-state index contributed by atoms with van der Waals surface area (Å²) in [7, 11) is 0. The zero-order valence-corrected chi connectivity index (χ0v) is 20.0. The van der Waals surface area contributed by atoms with Gasteiger partial charge in [0, 0.05) is 59.6 Å². The molecule has 3 heterocycles. The summed E-state index contributed by atoms with van der Waals surface area (Å²) in [6, 6.07) is 19.3. The Morgan fingerprint density at radius 2 is 1.70 bits per heavy atom. The summed E-state index contributed by atoms with van der Waals surface area (Å²) in [5, 5.41) is 18.1. The van der Waals surface area contributed by atoms with Crippen LogP contribution in [0.2, 0.25) is 5.02 Å². The Labute approximate surface area is 214 Å². The van der Waals surface area contributed by atoms with E-state index < -0.39 is 18.1 Å². The van der Waals surface area contributed by atoms with E-state index in [1.54, 1.807) is 12.1 Å². The highest BCUT2D eigenvalue weighted by Crippen LogP contribution is 2.28. The first kappa shape index (κ1) is 26.2. The van der Waals surface area contributed by atoms with Gasteiger partial charge < -0.3 is 14.8 Å². The monoisotopic (exact) mass is 531 g/mol. The van der Waals surface area contributed by atoms with Crippen LogP contribution in [0.3, 0.4) is 0 Å². The number of aromatic nitrogens is 2. The van der Waals surface area contributed by atoms with Crippen LogP contribution in [-0.4, -0.2) is 49.3 Å². The topological polar surface area (TPSA) is 95.7 Å². The number of carboxylic acid groups (broad SMARTS) is 2. The van der Waals surface area contributed by atoms with E-state index in [1.807, 2.05) is 42.6 Å². The molecular formula is C26H21ClF3N3O4. The van der Waals surface area contributed by atoms with Crippen LogP contribution in [0.4, 0.5) is 13.2 Å². The van der Waals surface area contributed by atoms with Crippen LogP contribution in [0.25, 0.3) is 22.2 Å². The summed E-state index contributed by atoms with van der Waals surface area (Å²) in [5.74, 6) is -3.65. The Balaban J connectivity index is 0.000000405. The average molecular weight is 532 g/mol. The summed E-state index contributed by atoms with van der Waals surface area (Å²) < 4.78 is 34.0. The molecule has 0 saturated heterocycles. The third kappa shape index (κ3) is 6.10. The maximum atomic E-state index is 11.3. The minimum absolute atomic E-state index is 0.324. The molecule has 2 aromatic heterocycles. The van der Waals surface area contributed by atoms with Gasteiger partial charge in [0.25, 0.3) is 0 Å². The van der Waals surface area contributed by atoms with Gasteiger partial charge in [-0.2, -0.15) is 13.2 Å². The molecule has 7 nitrogen and oxygen atoms in total. The van der Waals surface area contributed by atoms with Gasteiger partial charge in [-0.1, -0.05) is 29.8 Å². The molecule has 0 saturated carbocycles. The Hall–Kier alpha value is -3.89. The number of hydrogen-bond donors (Lipinski definition) is 2. The molecule has 192 valence electrons. The summed E-state index contributed by atoms with van der Waals surface area (Å²) in [6.07, 6.45) is -3.26. The van der Waals surface area contributed by atoms with Gasteiger partial charge >= 0.3 is 18.1 Å². The number of hydrogen-bond acceptors (Lipinski definition) is 4. The van der Waals surface area contributed by atoms with Crippen LogP contribution in [0, 0.1) is 0 Å². The van der Waals surface area contributed by atoms with Crippen molar-refractivity contribution in [3.05, 3.63) is 88.7 Å². The minimum atomic E-state index is -5.08. The summed E-state index contributed by atoms with van der Waals surface area (Å²) in [6.45, 7) is 3.41. The number of rotatable bonds is 4. The number of carboxylic acids is 2. The van der Waals surface area contributed by atoms with Crippen molar-refractivity contribution in [1.29, 1.82) is 0 Å². The summed E-state index contributed by atoms with van der Waals surface area (Å²) in [5.41, 5.74) is 5.84. The number of aromatic carboxylic acids is 1. The normalized spacial score (nSPS) is 13.5. The molecule has 0 radical (unpaired) electrons. The van der Waals surface area contributed by atoms with E-state index in [-0.39, 0.29) is 0 Å². The van der Waals surface area contributed by atoms with Gasteiger partial charge in [-0.3, -0.25) is 9.88 Å². The molecule has 11 heteroatoms. The molecular weight excluding hydrogens is 511 g/mol. The predicted molar refractivity (Wildman–Crippen MR) is 131 cm³/mol. The number of pyridine rings is 1. The van der Waals surface area contributed by atoms with Crippen molar-refractivity contribution in [3.8, 4) is 11.3 Å². The first-order valence-corrected chi connectivity index (χ1v) is 11.5. The molecule has 37 heavy (non-hydrogen) atoms. The van der Waals surface area contributed by atoms with Gasteiger partial charge in [-0.25, -0.2) is 9.59 Å². The lowest BCUT2D eigenvalue weighted by molar-refractivity contribution is -0.192. The van der Waals surface area contributed by atoms with Crippen LogP contribution in [0.5, 0.6) is 0 Å². The molecule has 0 amide bonds. The Morgan fingerprint density at radius 3 is 2.35 bits per heavy atom. The fourth-order valence-corrected chi connectivity index (χ4v) is 4.34. The predicted octanol–water partition coefficient (Wildman–Crippen LogP) is 5.70. The molecule has 0 fully saturated rings. The molecule has 1 aliphatic rings. The molecule has 0 atom stereocenters. The lowest BCUT2D eigenvalue weighted by Gasteiger charge is -2.29. The molecule has 0 aliphatic carbocycles. The van der Waals surface area contributed by atoms with Crippen molar-refractivity contribution in [2.75, 3.05) is 6.54 Å². The second-order valence-electron chi connectivity index (χ2n) is 8.40. The Kier molecular flexibility index (Phi) is 7.51. The van der Waals surface area contributed by atoms with E-state index in [0.717, 1.165) is 48.3 Å². The highest BCUT2D eigenvalue weighted by atomic mass is 35.5. The van der Waals surface area contributed by atoms with Crippen molar-refractivity contribution >= 4 is 34.4 Å². The number of alkyl halides is 3. The van der Waals surface area contributed by atoms with E-state index in [9.17, 15) is 23.1 Å². The Morgan fingerprint density at radius 1 is 1.00 bits per heavy atom. The lowest BCUT2D eigenvalue weighted by Crippen LogP contribution is -2.33. The van der Waals surface area contributed by atoms with Crippen LogP contribution in [0.15, 0.2) is 66.9 Å². The molecule has 0 spiro atoms. The number of carbonyl (C=O) groups is 2. The van der Waals surface area contributed by atoms with Crippen molar-refractivity contribution in [3.63, 3.8) is 0 Å². The number of aliphatic carboxylic acids is 1. The van der Waals surface area contributed by atoms with Crippen molar-refractivity contribution in [1.82, 2.24) is 14.5 Å². The van der Waals surface area contributed by atoms with Gasteiger partial charge in [0.15, 0.2) is 0 Å². The summed E-state index contributed by atoms with van der Waals surface area (Å²) in [4.78, 5) is 27.2. The minimum Gasteiger partial charge on any atom is -0.478 e. The number of halogens is 4. The van der Waals surface area contributed by atoms with Crippen molar-refractivity contribution in [2.24, 2.45) is 0 Å². The third-order valence-corrected chi connectivity index (χ3v) is 6.16. The molecule has 2 aromatic carbocycles. The average Bonchev–Trinajstić information content (AvgIpc) is 3.22. The van der Waals surface area contributed by atoms with Gasteiger partial charge in [-0.05, 0) is 48.0 Å². The largest absolute Gasteiger partial charge is 0.490 e. The smallest absolute Gasteiger partial charge is 0.478 e. The van der Waals surface area contributed by atoms with E-state index in [1.165, 1.54) is 11.3 Å². The van der Waals surface area contributed by atoms with Crippen LogP contribution >= 0.6 is 11.6 Å². The van der Waals surface area contributed by atoms with Crippen LogP contribution in [0.1, 0.15) is 21.6 Å². The maximum Gasteiger partial charge on any atom is 0.490 e. The number of benzene rings is 2. The Bertz CT molecular complexity index is 1450. The van der Waals surface area contributed by atoms with Gasteiger partial charge in [0.1, 0.15) is 0 Å². The zero-order valence-electron chi connectivity index (χ0n) is 19.2. The quantitative estimate of drug-likeness (QED) is 0.350. The van der Waals surface area contributed by atoms with E-state index in [4.69, 9.17) is 21.5 Å². The second kappa shape index (κ2) is 10.6. The third-order valence-electron chi connectivity index (χ3n) is 5.90. The molecule has 5 rings (SSSR count). The highest BCUT2D eigenvalue weighted by Gasteiger charge is 2.38. The van der Waals surface area contributed by atoms with E-state index in [2.05, 4.69) is 26.6 Å². The maximum absolute atomic E-state index is 11.3. The lowest BCUT2D eigenvalue weighted by atomic mass is 10.1. The van der Waals surface area contributed by atoms with E-state index in [0.29, 0.717) is 10.6 Å². The molecule has 0 bridgehead atoms. The number of fused-ring (bicyclic) bond motifs is 3. The van der Waals surface area contributed by atoms with Crippen molar-refractivity contribution in [2.45, 2.75) is 25.8 Å². The fraction of sp³-hybridized carbons (Fsp3) is 0.192. The van der Waals surface area contributed by atoms with Crippen LogP contribution < -0.4 is 0 Å². The SMILES string of the molecule is O=C(O)C(F)(F)F.O=C(O)c1ccc2c(c1)cc1n2CCN(Cc2cccnc2-c2ccc(Cl)cc2)C1. The molecule has 1 aliphatic heterocycles. The van der Waals surface area contributed by atoms with E-state index >= 15 is 0 Å². The highest BCUT2D eigenvalue weighted by molar-refractivity contribution is 6.30. The molecule has 4 aromatic rings. The van der Waals surface area contributed by atoms with Gasteiger partial charge in [-0.15, -0.1) is 0 Å². The number of nitrogens with zero attached hydrogens (tertiary/aromatic N) is 3. The van der Waals surface area contributed by atoms with Gasteiger partial charge in [0.2, 0.25) is 0 Å². The van der Waals surface area contributed by atoms with Crippen LogP contribution in [-0.2, 0) is 24.4 Å². The zero-order chi connectivity index (χ0) is 26.7.